The molecule has 0 radical (unpaired) electrons. The van der Waals surface area contributed by atoms with Crippen LogP contribution in [0.4, 0.5) is 0 Å². The van der Waals surface area contributed by atoms with Crippen LogP contribution in [0.25, 0.3) is 0 Å². The van der Waals surface area contributed by atoms with E-state index >= 15 is 0 Å². The summed E-state index contributed by atoms with van der Waals surface area (Å²) in [6, 6.07) is 6.15. The first-order chi connectivity index (χ1) is 6.67. The van der Waals surface area contributed by atoms with E-state index in [0.717, 1.165) is 11.3 Å². The summed E-state index contributed by atoms with van der Waals surface area (Å²) in [5, 5.41) is 8.87. The van der Waals surface area contributed by atoms with Crippen molar-refractivity contribution in [3.8, 4) is 5.75 Å². The van der Waals surface area contributed by atoms with E-state index in [2.05, 4.69) is 19.9 Å². The molecule has 78 valence electrons. The van der Waals surface area contributed by atoms with Crippen molar-refractivity contribution in [2.75, 3.05) is 13.7 Å². The van der Waals surface area contributed by atoms with Gasteiger partial charge in [0.25, 0.3) is 0 Å². The monoisotopic (exact) mass is 194 g/mol. The van der Waals surface area contributed by atoms with Gasteiger partial charge in [-0.05, 0) is 35.6 Å². The first-order valence-corrected chi connectivity index (χ1v) is 4.96. The molecule has 0 spiro atoms. The first-order valence-electron chi connectivity index (χ1n) is 4.96. The molecule has 0 heterocycles. The highest BCUT2D eigenvalue weighted by atomic mass is 16.5. The molecule has 0 saturated heterocycles. The fourth-order valence-electron chi connectivity index (χ4n) is 1.41. The summed E-state index contributed by atoms with van der Waals surface area (Å²) in [6.07, 6.45) is 0.691. The normalized spacial score (nSPS) is 10.6. The maximum atomic E-state index is 8.87. The van der Waals surface area contributed by atoms with Crippen LogP contribution in [0.2, 0.25) is 0 Å². The van der Waals surface area contributed by atoms with Crippen molar-refractivity contribution in [2.45, 2.75) is 26.2 Å². The van der Waals surface area contributed by atoms with Crippen molar-refractivity contribution < 1.29 is 9.84 Å². The van der Waals surface area contributed by atoms with Gasteiger partial charge in [-0.3, -0.25) is 0 Å². The molecule has 1 aromatic carbocycles. The third-order valence-corrected chi connectivity index (χ3v) is 2.29. The molecule has 2 nitrogen and oxygen atoms in total. The highest BCUT2D eigenvalue weighted by Crippen LogP contribution is 2.23. The fourth-order valence-corrected chi connectivity index (χ4v) is 1.41. The zero-order chi connectivity index (χ0) is 10.6. The summed E-state index contributed by atoms with van der Waals surface area (Å²) in [6.45, 7) is 4.49. The fraction of sp³-hybridized carbons (Fsp3) is 0.500. The second-order valence-electron chi connectivity index (χ2n) is 3.74. The van der Waals surface area contributed by atoms with Crippen LogP contribution < -0.4 is 4.74 Å². The van der Waals surface area contributed by atoms with E-state index in [9.17, 15) is 0 Å². The van der Waals surface area contributed by atoms with Crippen LogP contribution in [-0.4, -0.2) is 18.8 Å². The van der Waals surface area contributed by atoms with E-state index in [1.165, 1.54) is 5.56 Å². The number of methoxy groups -OCH3 is 1. The van der Waals surface area contributed by atoms with Crippen molar-refractivity contribution >= 4 is 0 Å². The highest BCUT2D eigenvalue weighted by Gasteiger charge is 2.04. The molecule has 2 heteroatoms. The molecule has 0 saturated carbocycles. The lowest BCUT2D eigenvalue weighted by molar-refractivity contribution is 0.299. The number of aliphatic hydroxyl groups excluding tert-OH is 1. The van der Waals surface area contributed by atoms with Gasteiger partial charge < -0.3 is 9.84 Å². The van der Waals surface area contributed by atoms with Gasteiger partial charge in [-0.1, -0.05) is 19.9 Å². The van der Waals surface area contributed by atoms with Gasteiger partial charge in [0, 0.05) is 6.61 Å². The van der Waals surface area contributed by atoms with Gasteiger partial charge in [-0.2, -0.15) is 0 Å². The predicted molar refractivity (Wildman–Crippen MR) is 57.9 cm³/mol. The predicted octanol–water partition coefficient (Wildman–Crippen LogP) is 2.35. The van der Waals surface area contributed by atoms with Gasteiger partial charge in [-0.15, -0.1) is 0 Å². The molecule has 0 bridgehead atoms. The van der Waals surface area contributed by atoms with Gasteiger partial charge in [0.15, 0.2) is 0 Å². The zero-order valence-corrected chi connectivity index (χ0v) is 9.08. The number of hydrogen-bond donors (Lipinski definition) is 1. The van der Waals surface area contributed by atoms with Crippen LogP contribution >= 0.6 is 0 Å². The first kappa shape index (κ1) is 11.1. The van der Waals surface area contributed by atoms with Crippen molar-refractivity contribution in [1.82, 2.24) is 0 Å². The van der Waals surface area contributed by atoms with Crippen LogP contribution in [0.5, 0.6) is 5.75 Å². The number of rotatable bonds is 4. The summed E-state index contributed by atoms with van der Waals surface area (Å²) in [5.74, 6) is 1.36. The van der Waals surface area contributed by atoms with E-state index in [1.54, 1.807) is 7.11 Å². The van der Waals surface area contributed by atoms with E-state index in [4.69, 9.17) is 9.84 Å². The Morgan fingerprint density at radius 3 is 2.50 bits per heavy atom. The standard InChI is InChI=1S/C12H18O2/c1-9(2)11-6-10(4-5-13)7-12(8-11)14-3/h6-9,13H,4-5H2,1-3H3. The molecular formula is C12H18O2. The Hall–Kier alpha value is -1.02. The minimum Gasteiger partial charge on any atom is -0.497 e. The van der Waals surface area contributed by atoms with E-state index < -0.39 is 0 Å². The summed E-state index contributed by atoms with van der Waals surface area (Å²) >= 11 is 0. The Morgan fingerprint density at radius 2 is 2.00 bits per heavy atom. The molecule has 0 aliphatic rings. The largest absolute Gasteiger partial charge is 0.497 e. The molecule has 0 amide bonds. The highest BCUT2D eigenvalue weighted by molar-refractivity contribution is 5.36. The molecule has 0 fully saturated rings. The third kappa shape index (κ3) is 2.74. The van der Waals surface area contributed by atoms with Crippen molar-refractivity contribution in [1.29, 1.82) is 0 Å². The Morgan fingerprint density at radius 1 is 1.29 bits per heavy atom. The number of ether oxygens (including phenoxy) is 1. The topological polar surface area (TPSA) is 29.5 Å². The third-order valence-electron chi connectivity index (χ3n) is 2.29. The Labute approximate surface area is 85.5 Å². The molecule has 1 N–H and O–H groups in total. The van der Waals surface area contributed by atoms with Crippen molar-refractivity contribution in [3.63, 3.8) is 0 Å². The lowest BCUT2D eigenvalue weighted by Crippen LogP contribution is -1.96. The van der Waals surface area contributed by atoms with Crippen LogP contribution in [0.1, 0.15) is 30.9 Å². The zero-order valence-electron chi connectivity index (χ0n) is 9.08. The quantitative estimate of drug-likeness (QED) is 0.797. The summed E-state index contributed by atoms with van der Waals surface area (Å²) < 4.78 is 5.21. The minimum atomic E-state index is 0.185. The average Bonchev–Trinajstić information content (AvgIpc) is 2.17. The van der Waals surface area contributed by atoms with Crippen LogP contribution in [0, 0.1) is 0 Å². The molecule has 1 aromatic rings. The van der Waals surface area contributed by atoms with Gasteiger partial charge in [0.1, 0.15) is 5.75 Å². The van der Waals surface area contributed by atoms with Crippen LogP contribution in [0.15, 0.2) is 18.2 Å². The van der Waals surface area contributed by atoms with Crippen molar-refractivity contribution in [3.05, 3.63) is 29.3 Å². The molecule has 0 aliphatic heterocycles. The second-order valence-corrected chi connectivity index (χ2v) is 3.74. The van der Waals surface area contributed by atoms with Crippen LogP contribution in [-0.2, 0) is 6.42 Å². The maximum Gasteiger partial charge on any atom is 0.119 e. The number of aliphatic hydroxyl groups is 1. The lowest BCUT2D eigenvalue weighted by Gasteiger charge is -2.10. The number of hydrogen-bond acceptors (Lipinski definition) is 2. The minimum absolute atomic E-state index is 0.185. The smallest absolute Gasteiger partial charge is 0.119 e. The molecule has 0 atom stereocenters. The lowest BCUT2D eigenvalue weighted by atomic mass is 9.99. The molecular weight excluding hydrogens is 176 g/mol. The van der Waals surface area contributed by atoms with E-state index in [1.807, 2.05) is 12.1 Å². The summed E-state index contributed by atoms with van der Waals surface area (Å²) in [4.78, 5) is 0. The second kappa shape index (κ2) is 5.01. The van der Waals surface area contributed by atoms with Crippen LogP contribution in [0.3, 0.4) is 0 Å². The van der Waals surface area contributed by atoms with Gasteiger partial charge >= 0.3 is 0 Å². The summed E-state index contributed by atoms with van der Waals surface area (Å²) in [5.41, 5.74) is 2.39. The molecule has 1 rings (SSSR count). The Kier molecular flexibility index (Phi) is 3.96. The molecule has 0 aliphatic carbocycles. The average molecular weight is 194 g/mol. The maximum absolute atomic E-state index is 8.87. The van der Waals surface area contributed by atoms with Gasteiger partial charge in [-0.25, -0.2) is 0 Å². The summed E-state index contributed by atoms with van der Waals surface area (Å²) in [7, 11) is 1.67. The SMILES string of the molecule is COc1cc(CCO)cc(C(C)C)c1. The number of benzene rings is 1. The Balaban J connectivity index is 3.00. The molecule has 14 heavy (non-hydrogen) atoms. The molecule has 0 aromatic heterocycles. The van der Waals surface area contributed by atoms with Crippen molar-refractivity contribution in [2.24, 2.45) is 0 Å². The van der Waals surface area contributed by atoms with Gasteiger partial charge in [0.05, 0.1) is 7.11 Å². The molecule has 0 unspecified atom stereocenters. The Bertz CT molecular complexity index is 292. The van der Waals surface area contributed by atoms with E-state index in [-0.39, 0.29) is 6.61 Å². The van der Waals surface area contributed by atoms with Gasteiger partial charge in [0.2, 0.25) is 0 Å². The van der Waals surface area contributed by atoms with E-state index in [0.29, 0.717) is 12.3 Å².